The zero-order chi connectivity index (χ0) is 23.5. The average molecular weight is 469 g/mol. The van der Waals surface area contributed by atoms with Gasteiger partial charge >= 0.3 is 0 Å². The number of fused-ring (bicyclic) bond motifs is 1. The fourth-order valence-corrected chi connectivity index (χ4v) is 4.47. The first-order valence-electron chi connectivity index (χ1n) is 10.6. The quantitative estimate of drug-likeness (QED) is 0.188. The summed E-state index contributed by atoms with van der Waals surface area (Å²) in [6, 6.07) is 21.4. The fourth-order valence-electron chi connectivity index (χ4n) is 3.65. The predicted octanol–water partition coefficient (Wildman–Crippen LogP) is 5.36. The van der Waals surface area contributed by atoms with Gasteiger partial charge in [-0.15, -0.1) is 10.2 Å². The summed E-state index contributed by atoms with van der Waals surface area (Å²) < 4.78 is 7.45. The van der Waals surface area contributed by atoms with Crippen molar-refractivity contribution in [1.29, 1.82) is 5.26 Å². The summed E-state index contributed by atoms with van der Waals surface area (Å²) in [7, 11) is 0. The number of rotatable bonds is 7. The van der Waals surface area contributed by atoms with E-state index in [0.717, 1.165) is 27.9 Å². The van der Waals surface area contributed by atoms with Crippen LogP contribution < -0.4 is 0 Å². The van der Waals surface area contributed by atoms with Crippen molar-refractivity contribution >= 4 is 28.4 Å². The second kappa shape index (κ2) is 9.29. The van der Waals surface area contributed by atoms with Crippen LogP contribution in [0.5, 0.6) is 0 Å². The first kappa shape index (κ1) is 21.6. The number of aryl methyl sites for hydroxylation is 1. The van der Waals surface area contributed by atoms with Crippen molar-refractivity contribution in [3.63, 3.8) is 0 Å². The normalized spacial score (nSPS) is 12.0. The lowest BCUT2D eigenvalue weighted by molar-refractivity contribution is 0.420. The molecule has 0 aliphatic carbocycles. The standard InChI is InChI=1S/C25H20N6O2S/c1-16-18(11-12-33-16)24-29-30-25(31(24)14-17-7-3-2-4-8-17)34-15-22(32)19(13-26)23-27-20-9-5-6-10-21(20)28-23/h2-12,32H,14-15H2,1H3,(H,27,28). The van der Waals surface area contributed by atoms with E-state index < -0.39 is 0 Å². The molecule has 0 amide bonds. The smallest absolute Gasteiger partial charge is 0.192 e. The summed E-state index contributed by atoms with van der Waals surface area (Å²) in [4.78, 5) is 7.53. The number of furan rings is 1. The second-order valence-corrected chi connectivity index (χ2v) is 8.54. The highest BCUT2D eigenvalue weighted by molar-refractivity contribution is 7.99. The molecule has 0 fully saturated rings. The number of thioether (sulfide) groups is 1. The highest BCUT2D eigenvalue weighted by Crippen LogP contribution is 2.29. The van der Waals surface area contributed by atoms with Gasteiger partial charge in [0.05, 0.1) is 35.2 Å². The number of H-pyrrole nitrogens is 1. The molecule has 9 heteroatoms. The molecule has 0 unspecified atom stereocenters. The van der Waals surface area contributed by atoms with Crippen molar-refractivity contribution in [2.45, 2.75) is 18.6 Å². The van der Waals surface area contributed by atoms with E-state index in [1.165, 1.54) is 11.8 Å². The molecule has 2 N–H and O–H groups in total. The van der Waals surface area contributed by atoms with Crippen LogP contribution in [0.3, 0.4) is 0 Å². The van der Waals surface area contributed by atoms with Gasteiger partial charge in [0.1, 0.15) is 23.2 Å². The molecule has 0 spiro atoms. The lowest BCUT2D eigenvalue weighted by atomic mass is 10.2. The number of hydrogen-bond donors (Lipinski definition) is 2. The Labute approximate surface area is 199 Å². The Balaban J connectivity index is 1.46. The predicted molar refractivity (Wildman–Crippen MR) is 130 cm³/mol. The zero-order valence-electron chi connectivity index (χ0n) is 18.3. The van der Waals surface area contributed by atoms with Gasteiger partial charge in [-0.1, -0.05) is 54.2 Å². The van der Waals surface area contributed by atoms with Gasteiger partial charge in [-0.2, -0.15) is 5.26 Å². The van der Waals surface area contributed by atoms with Crippen LogP contribution in [0.1, 0.15) is 17.1 Å². The van der Waals surface area contributed by atoms with Crippen molar-refractivity contribution in [2.75, 3.05) is 5.75 Å². The largest absolute Gasteiger partial charge is 0.510 e. The number of benzene rings is 2. The Bertz CT molecular complexity index is 1490. The number of allylic oxidation sites excluding steroid dienone is 1. The van der Waals surface area contributed by atoms with Crippen LogP contribution in [-0.4, -0.2) is 35.6 Å². The molecule has 0 aliphatic rings. The number of hydrogen-bond acceptors (Lipinski definition) is 7. The molecular formula is C25H20N6O2S. The Morgan fingerprint density at radius 3 is 2.65 bits per heavy atom. The van der Waals surface area contributed by atoms with E-state index >= 15 is 0 Å². The van der Waals surface area contributed by atoms with Crippen molar-refractivity contribution in [3.8, 4) is 17.5 Å². The number of aromatic amines is 1. The molecular weight excluding hydrogens is 448 g/mol. The maximum absolute atomic E-state index is 10.8. The summed E-state index contributed by atoms with van der Waals surface area (Å²) in [5, 5.41) is 29.9. The first-order valence-corrected chi connectivity index (χ1v) is 11.5. The molecule has 0 atom stereocenters. The number of nitrogens with zero attached hydrogens (tertiary/aromatic N) is 5. The third-order valence-corrected chi connectivity index (χ3v) is 6.34. The fraction of sp³-hybridized carbons (Fsp3) is 0.120. The molecule has 168 valence electrons. The van der Waals surface area contributed by atoms with Gasteiger partial charge < -0.3 is 14.5 Å². The third kappa shape index (κ3) is 4.19. The second-order valence-electron chi connectivity index (χ2n) is 7.59. The summed E-state index contributed by atoms with van der Waals surface area (Å²) in [6.07, 6.45) is 1.63. The van der Waals surface area contributed by atoms with Crippen molar-refractivity contribution < 1.29 is 9.52 Å². The number of aromatic nitrogens is 5. The Morgan fingerprint density at radius 2 is 1.91 bits per heavy atom. The maximum Gasteiger partial charge on any atom is 0.192 e. The highest BCUT2D eigenvalue weighted by atomic mass is 32.2. The van der Waals surface area contributed by atoms with E-state index in [4.69, 9.17) is 4.42 Å². The summed E-state index contributed by atoms with van der Waals surface area (Å²) in [5.41, 5.74) is 3.58. The monoisotopic (exact) mass is 468 g/mol. The van der Waals surface area contributed by atoms with E-state index in [9.17, 15) is 10.4 Å². The average Bonchev–Trinajstić information content (AvgIpc) is 3.57. The van der Waals surface area contributed by atoms with Gasteiger partial charge in [0.25, 0.3) is 0 Å². The van der Waals surface area contributed by atoms with Gasteiger partial charge in [-0.3, -0.25) is 4.57 Å². The minimum atomic E-state index is -0.0816. The van der Waals surface area contributed by atoms with E-state index in [-0.39, 0.29) is 17.1 Å². The SMILES string of the molecule is Cc1occc1-c1nnc(SCC(O)=C(C#N)c2nc3ccccc3[nH]2)n1Cc1ccccc1. The van der Waals surface area contributed by atoms with Crippen LogP contribution in [0.2, 0.25) is 0 Å². The van der Waals surface area contributed by atoms with Gasteiger partial charge in [0, 0.05) is 0 Å². The molecule has 0 radical (unpaired) electrons. The molecule has 5 rings (SSSR count). The van der Waals surface area contributed by atoms with Crippen LogP contribution in [0.15, 0.2) is 82.3 Å². The van der Waals surface area contributed by atoms with Gasteiger partial charge in [-0.25, -0.2) is 4.98 Å². The molecule has 2 aromatic carbocycles. The third-order valence-electron chi connectivity index (χ3n) is 5.36. The molecule has 0 saturated heterocycles. The molecule has 0 saturated carbocycles. The number of aliphatic hydroxyl groups is 1. The van der Waals surface area contributed by atoms with Crippen molar-refractivity contribution in [2.24, 2.45) is 0 Å². The van der Waals surface area contributed by atoms with Crippen molar-refractivity contribution in [1.82, 2.24) is 24.7 Å². The maximum atomic E-state index is 10.8. The Kier molecular flexibility index (Phi) is 5.89. The van der Waals surface area contributed by atoms with E-state index in [1.54, 1.807) is 6.26 Å². The minimum Gasteiger partial charge on any atom is -0.510 e. The van der Waals surface area contributed by atoms with Crippen molar-refractivity contribution in [3.05, 3.63) is 89.8 Å². The van der Waals surface area contributed by atoms with Crippen LogP contribution in [0.4, 0.5) is 0 Å². The van der Waals surface area contributed by atoms with Crippen LogP contribution in [0.25, 0.3) is 28.0 Å². The van der Waals surface area contributed by atoms with E-state index in [2.05, 4.69) is 26.2 Å². The highest BCUT2D eigenvalue weighted by Gasteiger charge is 2.20. The van der Waals surface area contributed by atoms with Crippen LogP contribution in [-0.2, 0) is 6.54 Å². The van der Waals surface area contributed by atoms with Gasteiger partial charge in [0.15, 0.2) is 16.8 Å². The first-order chi connectivity index (χ1) is 16.6. The minimum absolute atomic E-state index is 0.0816. The van der Waals surface area contributed by atoms with Gasteiger partial charge in [0.2, 0.25) is 0 Å². The zero-order valence-corrected chi connectivity index (χ0v) is 19.1. The molecule has 3 aromatic heterocycles. The number of nitriles is 1. The summed E-state index contributed by atoms with van der Waals surface area (Å²) >= 11 is 1.30. The number of imidazole rings is 1. The molecule has 8 nitrogen and oxygen atoms in total. The molecule has 0 bridgehead atoms. The molecule has 0 aliphatic heterocycles. The summed E-state index contributed by atoms with van der Waals surface area (Å²) in [5.74, 6) is 1.82. The molecule has 3 heterocycles. The lowest BCUT2D eigenvalue weighted by Gasteiger charge is -2.10. The lowest BCUT2D eigenvalue weighted by Crippen LogP contribution is -2.05. The molecule has 34 heavy (non-hydrogen) atoms. The van der Waals surface area contributed by atoms with E-state index in [0.29, 0.717) is 23.4 Å². The Hall–Kier alpha value is -4.29. The van der Waals surface area contributed by atoms with Gasteiger partial charge in [-0.05, 0) is 30.7 Å². The molecule has 5 aromatic rings. The number of nitrogens with one attached hydrogen (secondary N) is 1. The van der Waals surface area contributed by atoms with Crippen LogP contribution in [0, 0.1) is 18.3 Å². The van der Waals surface area contributed by atoms with Crippen LogP contribution >= 0.6 is 11.8 Å². The number of para-hydroxylation sites is 2. The number of aliphatic hydroxyl groups excluding tert-OH is 1. The Morgan fingerprint density at radius 1 is 1.12 bits per heavy atom. The topological polar surface area (TPSA) is 117 Å². The summed E-state index contributed by atoms with van der Waals surface area (Å²) in [6.45, 7) is 2.43. The van der Waals surface area contributed by atoms with E-state index in [1.807, 2.05) is 72.2 Å².